The molecule has 0 aromatic heterocycles. The Kier molecular flexibility index (Phi) is 3.01. The van der Waals surface area contributed by atoms with Crippen molar-refractivity contribution in [2.75, 3.05) is 0 Å². The summed E-state index contributed by atoms with van der Waals surface area (Å²) in [5.41, 5.74) is 1.00. The Morgan fingerprint density at radius 2 is 1.83 bits per heavy atom. The lowest BCUT2D eigenvalue weighted by molar-refractivity contribution is 0.484. The van der Waals surface area contributed by atoms with E-state index in [2.05, 4.69) is 6.58 Å². The zero-order chi connectivity index (χ0) is 9.14. The van der Waals surface area contributed by atoms with E-state index in [0.29, 0.717) is 15.8 Å². The molecule has 0 radical (unpaired) electrons. The second-order valence-corrected chi connectivity index (χ2v) is 3.16. The lowest BCUT2D eigenvalue weighted by Crippen LogP contribution is -1.85. The predicted molar refractivity (Wildman–Crippen MR) is 52.0 cm³/mol. The Labute approximate surface area is 81.6 Å². The van der Waals surface area contributed by atoms with Gasteiger partial charge in [-0.3, -0.25) is 0 Å². The second kappa shape index (κ2) is 3.83. The average Bonchev–Trinajstić information content (AvgIpc) is 1.96. The number of hydrogen-bond donors (Lipinski definition) is 0. The summed E-state index contributed by atoms with van der Waals surface area (Å²) in [6.07, 6.45) is 1.29. The molecular weight excluding hydrogens is 195 g/mol. The van der Waals surface area contributed by atoms with Gasteiger partial charge in [0.15, 0.2) is 5.75 Å². The highest BCUT2D eigenvalue weighted by Gasteiger charge is 2.06. The molecule has 0 aliphatic rings. The van der Waals surface area contributed by atoms with E-state index in [-0.39, 0.29) is 0 Å². The van der Waals surface area contributed by atoms with Gasteiger partial charge in [-0.1, -0.05) is 29.8 Å². The van der Waals surface area contributed by atoms with Crippen molar-refractivity contribution in [2.45, 2.75) is 6.92 Å². The van der Waals surface area contributed by atoms with Crippen molar-refractivity contribution in [3.63, 3.8) is 0 Å². The van der Waals surface area contributed by atoms with Gasteiger partial charge in [0, 0.05) is 0 Å². The van der Waals surface area contributed by atoms with Crippen molar-refractivity contribution in [1.82, 2.24) is 0 Å². The van der Waals surface area contributed by atoms with Crippen LogP contribution in [-0.4, -0.2) is 0 Å². The standard InChI is InChI=1S/C9H8Cl2O/c1-3-12-9-7(10)4-6(2)5-8(9)11/h3-5H,1H2,2H3. The summed E-state index contributed by atoms with van der Waals surface area (Å²) < 4.78 is 5.02. The Morgan fingerprint density at radius 1 is 1.33 bits per heavy atom. The Morgan fingerprint density at radius 3 is 2.25 bits per heavy atom. The van der Waals surface area contributed by atoms with Crippen molar-refractivity contribution >= 4 is 23.2 Å². The smallest absolute Gasteiger partial charge is 0.163 e. The minimum Gasteiger partial charge on any atom is -0.462 e. The van der Waals surface area contributed by atoms with Gasteiger partial charge in [-0.2, -0.15) is 0 Å². The van der Waals surface area contributed by atoms with Gasteiger partial charge in [0.2, 0.25) is 0 Å². The fourth-order valence-electron chi connectivity index (χ4n) is 0.883. The molecular formula is C9H8Cl2O. The van der Waals surface area contributed by atoms with Gasteiger partial charge in [-0.25, -0.2) is 0 Å². The van der Waals surface area contributed by atoms with E-state index in [9.17, 15) is 0 Å². The zero-order valence-electron chi connectivity index (χ0n) is 6.60. The van der Waals surface area contributed by atoms with Gasteiger partial charge in [0.25, 0.3) is 0 Å². The van der Waals surface area contributed by atoms with Crippen LogP contribution in [0.1, 0.15) is 5.56 Å². The van der Waals surface area contributed by atoms with Crippen molar-refractivity contribution in [3.8, 4) is 5.75 Å². The van der Waals surface area contributed by atoms with Crippen molar-refractivity contribution in [1.29, 1.82) is 0 Å². The zero-order valence-corrected chi connectivity index (χ0v) is 8.12. The molecule has 1 aromatic carbocycles. The number of benzene rings is 1. The van der Waals surface area contributed by atoms with Crippen molar-refractivity contribution < 1.29 is 4.74 Å². The normalized spacial score (nSPS) is 9.58. The molecule has 0 saturated carbocycles. The molecule has 64 valence electrons. The van der Waals surface area contributed by atoms with E-state index < -0.39 is 0 Å². The SMILES string of the molecule is C=COc1c(Cl)cc(C)cc1Cl. The first-order chi connectivity index (χ1) is 5.65. The molecule has 0 unspecified atom stereocenters. The quantitative estimate of drug-likeness (QED) is 0.663. The summed E-state index contributed by atoms with van der Waals surface area (Å²) >= 11 is 11.7. The summed E-state index contributed by atoms with van der Waals surface area (Å²) in [5, 5.41) is 1.000. The summed E-state index contributed by atoms with van der Waals surface area (Å²) in [4.78, 5) is 0. The highest BCUT2D eigenvalue weighted by Crippen LogP contribution is 2.33. The van der Waals surface area contributed by atoms with Crippen LogP contribution in [0.15, 0.2) is 25.0 Å². The average molecular weight is 203 g/mol. The Bertz CT molecular complexity index is 284. The van der Waals surface area contributed by atoms with Crippen LogP contribution in [-0.2, 0) is 0 Å². The minimum absolute atomic E-state index is 0.457. The van der Waals surface area contributed by atoms with Crippen LogP contribution in [0.25, 0.3) is 0 Å². The lowest BCUT2D eigenvalue weighted by atomic mass is 10.2. The summed E-state index contributed by atoms with van der Waals surface area (Å²) in [5.74, 6) is 0.457. The monoisotopic (exact) mass is 202 g/mol. The van der Waals surface area contributed by atoms with Crippen molar-refractivity contribution in [3.05, 3.63) is 40.6 Å². The molecule has 1 aromatic rings. The van der Waals surface area contributed by atoms with Gasteiger partial charge in [-0.15, -0.1) is 0 Å². The summed E-state index contributed by atoms with van der Waals surface area (Å²) in [7, 11) is 0. The van der Waals surface area contributed by atoms with Gasteiger partial charge in [0.05, 0.1) is 16.3 Å². The molecule has 12 heavy (non-hydrogen) atoms. The first-order valence-electron chi connectivity index (χ1n) is 3.38. The minimum atomic E-state index is 0.457. The Balaban J connectivity index is 3.18. The fraction of sp³-hybridized carbons (Fsp3) is 0.111. The predicted octanol–water partition coefficient (Wildman–Crippen LogP) is 3.82. The number of rotatable bonds is 2. The van der Waals surface area contributed by atoms with E-state index in [1.165, 1.54) is 6.26 Å². The third-order valence-electron chi connectivity index (χ3n) is 1.34. The van der Waals surface area contributed by atoms with Crippen LogP contribution in [0.3, 0.4) is 0 Å². The molecule has 0 saturated heterocycles. The molecule has 0 spiro atoms. The van der Waals surface area contributed by atoms with Crippen LogP contribution >= 0.6 is 23.2 Å². The number of halogens is 2. The maximum absolute atomic E-state index is 5.86. The van der Waals surface area contributed by atoms with Gasteiger partial charge >= 0.3 is 0 Å². The first kappa shape index (κ1) is 9.43. The molecule has 0 amide bonds. The van der Waals surface area contributed by atoms with E-state index in [4.69, 9.17) is 27.9 Å². The van der Waals surface area contributed by atoms with Gasteiger partial charge in [0.1, 0.15) is 0 Å². The number of ether oxygens (including phenoxy) is 1. The Hall–Kier alpha value is -0.660. The topological polar surface area (TPSA) is 9.23 Å². The first-order valence-corrected chi connectivity index (χ1v) is 4.14. The van der Waals surface area contributed by atoms with Gasteiger partial charge < -0.3 is 4.74 Å². The molecule has 1 nitrogen and oxygen atoms in total. The second-order valence-electron chi connectivity index (χ2n) is 2.34. The highest BCUT2D eigenvalue weighted by molar-refractivity contribution is 6.37. The van der Waals surface area contributed by atoms with Gasteiger partial charge in [-0.05, 0) is 24.6 Å². The molecule has 0 bridgehead atoms. The number of hydrogen-bond acceptors (Lipinski definition) is 1. The van der Waals surface area contributed by atoms with E-state index >= 15 is 0 Å². The largest absolute Gasteiger partial charge is 0.462 e. The number of aryl methyl sites for hydroxylation is 1. The van der Waals surface area contributed by atoms with Crippen LogP contribution < -0.4 is 4.74 Å². The molecule has 3 heteroatoms. The van der Waals surface area contributed by atoms with E-state index in [0.717, 1.165) is 5.56 Å². The molecule has 0 atom stereocenters. The summed E-state index contributed by atoms with van der Waals surface area (Å²) in [6, 6.07) is 3.57. The molecule has 0 fully saturated rings. The maximum Gasteiger partial charge on any atom is 0.163 e. The third kappa shape index (κ3) is 1.93. The molecule has 0 aliphatic heterocycles. The molecule has 0 N–H and O–H groups in total. The highest BCUT2D eigenvalue weighted by atomic mass is 35.5. The molecule has 1 rings (SSSR count). The van der Waals surface area contributed by atoms with E-state index in [1.54, 1.807) is 12.1 Å². The molecule has 0 aliphatic carbocycles. The third-order valence-corrected chi connectivity index (χ3v) is 1.91. The van der Waals surface area contributed by atoms with E-state index in [1.807, 2.05) is 6.92 Å². The van der Waals surface area contributed by atoms with Crippen LogP contribution in [0.4, 0.5) is 0 Å². The van der Waals surface area contributed by atoms with Crippen LogP contribution in [0.2, 0.25) is 10.0 Å². The lowest BCUT2D eigenvalue weighted by Gasteiger charge is -2.05. The molecule has 0 heterocycles. The summed E-state index contributed by atoms with van der Waals surface area (Å²) in [6.45, 7) is 5.33. The fourth-order valence-corrected chi connectivity index (χ4v) is 1.57. The van der Waals surface area contributed by atoms with Crippen LogP contribution in [0.5, 0.6) is 5.75 Å². The maximum atomic E-state index is 5.86. The van der Waals surface area contributed by atoms with Crippen LogP contribution in [0, 0.1) is 6.92 Å². The van der Waals surface area contributed by atoms with Crippen molar-refractivity contribution in [2.24, 2.45) is 0 Å².